The van der Waals surface area contributed by atoms with Crippen molar-refractivity contribution in [3.05, 3.63) is 35.0 Å². The molecule has 1 rings (SSSR count). The van der Waals surface area contributed by atoms with Gasteiger partial charge in [0.2, 0.25) is 0 Å². The van der Waals surface area contributed by atoms with Crippen LogP contribution < -0.4 is 5.32 Å². The molecule has 0 unspecified atom stereocenters. The molecule has 72 valence electrons. The zero-order valence-electron chi connectivity index (χ0n) is 7.84. The lowest BCUT2D eigenvalue weighted by Crippen LogP contribution is -2.04. The first-order valence-electron chi connectivity index (χ1n) is 4.08. The standard InChI is InChI=1S/C10H10ClN3/c1-7(2)6-13-10-4-3-8(11)9(5-12)14-10/h3-4H,1,6H2,2H3,(H,13,14). The molecular formula is C10H10ClN3. The summed E-state index contributed by atoms with van der Waals surface area (Å²) in [6.45, 7) is 6.30. The summed E-state index contributed by atoms with van der Waals surface area (Å²) in [5.41, 5.74) is 1.23. The van der Waals surface area contributed by atoms with Gasteiger partial charge in [0, 0.05) is 6.54 Å². The number of nitrogens with zero attached hydrogens (tertiary/aromatic N) is 2. The monoisotopic (exact) mass is 207 g/mol. The average Bonchev–Trinajstić information content (AvgIpc) is 2.16. The third-order valence-corrected chi connectivity index (χ3v) is 1.83. The fourth-order valence-corrected chi connectivity index (χ4v) is 1.01. The third-order valence-electron chi connectivity index (χ3n) is 1.52. The van der Waals surface area contributed by atoms with Crippen LogP contribution in [0.5, 0.6) is 0 Å². The Hall–Kier alpha value is -1.53. The maximum Gasteiger partial charge on any atom is 0.161 e. The number of nitrogens with one attached hydrogen (secondary N) is 1. The van der Waals surface area contributed by atoms with Crippen LogP contribution in [-0.4, -0.2) is 11.5 Å². The minimum absolute atomic E-state index is 0.235. The second kappa shape index (κ2) is 4.64. The molecule has 14 heavy (non-hydrogen) atoms. The van der Waals surface area contributed by atoms with Crippen molar-refractivity contribution in [2.75, 3.05) is 11.9 Å². The Morgan fingerprint density at radius 2 is 2.43 bits per heavy atom. The van der Waals surface area contributed by atoms with Crippen LogP contribution >= 0.6 is 11.6 Å². The van der Waals surface area contributed by atoms with Crippen molar-refractivity contribution in [1.29, 1.82) is 5.26 Å². The number of hydrogen-bond donors (Lipinski definition) is 1. The lowest BCUT2D eigenvalue weighted by Gasteiger charge is -2.05. The summed E-state index contributed by atoms with van der Waals surface area (Å²) in [6, 6.07) is 5.29. The van der Waals surface area contributed by atoms with Gasteiger partial charge in [0.05, 0.1) is 5.02 Å². The smallest absolute Gasteiger partial charge is 0.161 e. The van der Waals surface area contributed by atoms with Gasteiger partial charge in [-0.1, -0.05) is 23.8 Å². The summed E-state index contributed by atoms with van der Waals surface area (Å²) in [5, 5.41) is 12.1. The van der Waals surface area contributed by atoms with E-state index in [0.717, 1.165) is 5.57 Å². The minimum atomic E-state index is 0.235. The van der Waals surface area contributed by atoms with Gasteiger partial charge in [0.15, 0.2) is 5.69 Å². The molecule has 0 spiro atoms. The fourth-order valence-electron chi connectivity index (χ4n) is 0.860. The summed E-state index contributed by atoms with van der Waals surface area (Å²) in [4.78, 5) is 4.02. The molecular weight excluding hydrogens is 198 g/mol. The molecule has 0 aliphatic heterocycles. The predicted molar refractivity (Wildman–Crippen MR) is 57.3 cm³/mol. The lowest BCUT2D eigenvalue weighted by molar-refractivity contribution is 1.15. The number of halogens is 1. The maximum atomic E-state index is 8.68. The molecule has 3 nitrogen and oxygen atoms in total. The van der Waals surface area contributed by atoms with E-state index >= 15 is 0 Å². The van der Waals surface area contributed by atoms with E-state index in [1.807, 2.05) is 13.0 Å². The minimum Gasteiger partial charge on any atom is -0.366 e. The SMILES string of the molecule is C=C(C)CNc1ccc(Cl)c(C#N)n1. The van der Waals surface area contributed by atoms with Crippen molar-refractivity contribution in [3.63, 3.8) is 0 Å². The predicted octanol–water partition coefficient (Wildman–Crippen LogP) is 2.59. The summed E-state index contributed by atoms with van der Waals surface area (Å²) in [6.07, 6.45) is 0. The van der Waals surface area contributed by atoms with Gasteiger partial charge in [0.25, 0.3) is 0 Å². The normalized spacial score (nSPS) is 9.21. The third kappa shape index (κ3) is 2.75. The summed E-state index contributed by atoms with van der Waals surface area (Å²) in [7, 11) is 0. The van der Waals surface area contributed by atoms with Crippen molar-refractivity contribution < 1.29 is 0 Å². The number of hydrogen-bond acceptors (Lipinski definition) is 3. The second-order valence-corrected chi connectivity index (χ2v) is 3.36. The molecule has 1 N–H and O–H groups in total. The first kappa shape index (κ1) is 10.6. The highest BCUT2D eigenvalue weighted by molar-refractivity contribution is 6.31. The molecule has 4 heteroatoms. The Morgan fingerprint density at radius 3 is 3.00 bits per heavy atom. The van der Waals surface area contributed by atoms with Crippen LogP contribution in [0.4, 0.5) is 5.82 Å². The topological polar surface area (TPSA) is 48.7 Å². The number of pyridine rings is 1. The van der Waals surface area contributed by atoms with Crippen LogP contribution in [0.25, 0.3) is 0 Å². The molecule has 1 heterocycles. The largest absolute Gasteiger partial charge is 0.366 e. The van der Waals surface area contributed by atoms with Crippen molar-refractivity contribution >= 4 is 17.4 Å². The summed E-state index contributed by atoms with van der Waals surface area (Å²) in [5.74, 6) is 0.633. The van der Waals surface area contributed by atoms with Crippen LogP contribution in [0.2, 0.25) is 5.02 Å². The van der Waals surface area contributed by atoms with Crippen LogP contribution in [0.1, 0.15) is 12.6 Å². The highest BCUT2D eigenvalue weighted by atomic mass is 35.5. The molecule has 0 fully saturated rings. The fraction of sp³-hybridized carbons (Fsp3) is 0.200. The number of rotatable bonds is 3. The Morgan fingerprint density at radius 1 is 1.71 bits per heavy atom. The lowest BCUT2D eigenvalue weighted by atomic mass is 10.3. The molecule has 0 aliphatic carbocycles. The van der Waals surface area contributed by atoms with Gasteiger partial charge in [-0.25, -0.2) is 4.98 Å². The number of aromatic nitrogens is 1. The number of nitriles is 1. The molecule has 0 amide bonds. The first-order chi connectivity index (χ1) is 6.63. The van der Waals surface area contributed by atoms with E-state index in [-0.39, 0.29) is 5.69 Å². The van der Waals surface area contributed by atoms with E-state index in [1.54, 1.807) is 12.1 Å². The van der Waals surface area contributed by atoms with Crippen LogP contribution in [-0.2, 0) is 0 Å². The summed E-state index contributed by atoms with van der Waals surface area (Å²) >= 11 is 5.73. The van der Waals surface area contributed by atoms with Gasteiger partial charge in [-0.3, -0.25) is 0 Å². The van der Waals surface area contributed by atoms with Crippen molar-refractivity contribution in [1.82, 2.24) is 4.98 Å². The summed E-state index contributed by atoms with van der Waals surface area (Å²) < 4.78 is 0. The van der Waals surface area contributed by atoms with Crippen LogP contribution in [0.3, 0.4) is 0 Å². The zero-order chi connectivity index (χ0) is 10.6. The molecule has 0 aliphatic rings. The van der Waals surface area contributed by atoms with E-state index in [2.05, 4.69) is 16.9 Å². The van der Waals surface area contributed by atoms with E-state index in [4.69, 9.17) is 16.9 Å². The van der Waals surface area contributed by atoms with E-state index < -0.39 is 0 Å². The van der Waals surface area contributed by atoms with Crippen molar-refractivity contribution in [3.8, 4) is 6.07 Å². The molecule has 0 bridgehead atoms. The molecule has 0 saturated heterocycles. The highest BCUT2D eigenvalue weighted by Crippen LogP contribution is 2.15. The Kier molecular flexibility index (Phi) is 3.49. The molecule has 1 aromatic heterocycles. The van der Waals surface area contributed by atoms with Gasteiger partial charge in [-0.15, -0.1) is 0 Å². The van der Waals surface area contributed by atoms with E-state index in [9.17, 15) is 0 Å². The van der Waals surface area contributed by atoms with Crippen LogP contribution in [0.15, 0.2) is 24.3 Å². The Balaban J connectivity index is 2.80. The van der Waals surface area contributed by atoms with Crippen LogP contribution in [0, 0.1) is 11.3 Å². The van der Waals surface area contributed by atoms with Gasteiger partial charge in [-0.05, 0) is 19.1 Å². The van der Waals surface area contributed by atoms with Gasteiger partial charge >= 0.3 is 0 Å². The first-order valence-corrected chi connectivity index (χ1v) is 4.46. The molecule has 0 saturated carbocycles. The maximum absolute atomic E-state index is 8.68. The molecule has 0 aromatic carbocycles. The van der Waals surface area contributed by atoms with Gasteiger partial charge in [0.1, 0.15) is 11.9 Å². The van der Waals surface area contributed by atoms with Crippen molar-refractivity contribution in [2.24, 2.45) is 0 Å². The second-order valence-electron chi connectivity index (χ2n) is 2.95. The quantitative estimate of drug-likeness (QED) is 0.776. The molecule has 1 aromatic rings. The van der Waals surface area contributed by atoms with E-state index in [1.165, 1.54) is 0 Å². The van der Waals surface area contributed by atoms with Gasteiger partial charge in [-0.2, -0.15) is 5.26 Å². The van der Waals surface area contributed by atoms with Crippen molar-refractivity contribution in [2.45, 2.75) is 6.92 Å². The highest BCUT2D eigenvalue weighted by Gasteiger charge is 2.01. The Bertz CT molecular complexity index is 393. The molecule has 0 radical (unpaired) electrons. The van der Waals surface area contributed by atoms with E-state index in [0.29, 0.717) is 17.4 Å². The number of anilines is 1. The average molecular weight is 208 g/mol. The Labute approximate surface area is 88.0 Å². The molecule has 0 atom stereocenters. The van der Waals surface area contributed by atoms with Gasteiger partial charge < -0.3 is 5.32 Å². The zero-order valence-corrected chi connectivity index (χ0v) is 8.60.